The number of carbonyl (C=O) groups is 1. The van der Waals surface area contributed by atoms with Crippen LogP contribution in [0.25, 0.3) is 0 Å². The Bertz CT molecular complexity index is 275. The summed E-state index contributed by atoms with van der Waals surface area (Å²) in [6, 6.07) is 0. The SMILES string of the molecule is CCCNC1(C(=O)OCC)CCCC(SCCO)C1. The minimum Gasteiger partial charge on any atom is -0.465 e. The highest BCUT2D eigenvalue weighted by Gasteiger charge is 2.43. The largest absolute Gasteiger partial charge is 0.465 e. The molecular formula is C14H27NO3S. The summed E-state index contributed by atoms with van der Waals surface area (Å²) >= 11 is 1.77. The van der Waals surface area contributed by atoms with Gasteiger partial charge >= 0.3 is 5.97 Å². The lowest BCUT2D eigenvalue weighted by Crippen LogP contribution is -2.56. The highest BCUT2D eigenvalue weighted by atomic mass is 32.2. The predicted molar refractivity (Wildman–Crippen MR) is 79.5 cm³/mol. The van der Waals surface area contributed by atoms with Crippen molar-refractivity contribution in [2.45, 2.75) is 56.7 Å². The van der Waals surface area contributed by atoms with E-state index in [9.17, 15) is 4.79 Å². The van der Waals surface area contributed by atoms with E-state index >= 15 is 0 Å². The molecule has 1 aliphatic carbocycles. The van der Waals surface area contributed by atoms with Gasteiger partial charge in [0.1, 0.15) is 5.54 Å². The molecule has 2 N–H and O–H groups in total. The number of carbonyl (C=O) groups excluding carboxylic acids is 1. The second-order valence-corrected chi connectivity index (χ2v) is 6.45. The van der Waals surface area contributed by atoms with Gasteiger partial charge in [0.15, 0.2) is 0 Å². The zero-order valence-electron chi connectivity index (χ0n) is 12.1. The average Bonchev–Trinajstić information content (AvgIpc) is 2.43. The van der Waals surface area contributed by atoms with Crippen LogP contribution in [-0.2, 0) is 9.53 Å². The van der Waals surface area contributed by atoms with E-state index in [-0.39, 0.29) is 12.6 Å². The summed E-state index contributed by atoms with van der Waals surface area (Å²) in [5.74, 6) is 0.648. The van der Waals surface area contributed by atoms with Gasteiger partial charge in [-0.05, 0) is 45.6 Å². The molecule has 0 saturated heterocycles. The van der Waals surface area contributed by atoms with Crippen LogP contribution < -0.4 is 5.32 Å². The monoisotopic (exact) mass is 289 g/mol. The van der Waals surface area contributed by atoms with Crippen LogP contribution >= 0.6 is 11.8 Å². The lowest BCUT2D eigenvalue weighted by Gasteiger charge is -2.39. The maximum Gasteiger partial charge on any atom is 0.326 e. The van der Waals surface area contributed by atoms with Crippen molar-refractivity contribution >= 4 is 17.7 Å². The smallest absolute Gasteiger partial charge is 0.326 e. The van der Waals surface area contributed by atoms with E-state index in [2.05, 4.69) is 12.2 Å². The van der Waals surface area contributed by atoms with E-state index in [1.165, 1.54) is 0 Å². The van der Waals surface area contributed by atoms with Crippen LogP contribution in [0, 0.1) is 0 Å². The van der Waals surface area contributed by atoms with E-state index in [4.69, 9.17) is 9.84 Å². The molecule has 0 aromatic carbocycles. The van der Waals surface area contributed by atoms with Gasteiger partial charge in [0.05, 0.1) is 13.2 Å². The minimum atomic E-state index is -0.503. The van der Waals surface area contributed by atoms with Gasteiger partial charge in [-0.25, -0.2) is 0 Å². The third-order valence-electron chi connectivity index (χ3n) is 3.53. The summed E-state index contributed by atoms with van der Waals surface area (Å²) in [7, 11) is 0. The molecule has 0 radical (unpaired) electrons. The van der Waals surface area contributed by atoms with Crippen molar-refractivity contribution in [2.24, 2.45) is 0 Å². The first kappa shape index (κ1) is 16.8. The van der Waals surface area contributed by atoms with Gasteiger partial charge in [-0.3, -0.25) is 4.79 Å². The maximum absolute atomic E-state index is 12.3. The van der Waals surface area contributed by atoms with Gasteiger partial charge in [-0.1, -0.05) is 6.92 Å². The Kier molecular flexibility index (Phi) is 7.80. The van der Waals surface area contributed by atoms with Crippen molar-refractivity contribution in [3.05, 3.63) is 0 Å². The molecule has 1 aliphatic rings. The number of thioether (sulfide) groups is 1. The molecule has 0 aliphatic heterocycles. The van der Waals surface area contributed by atoms with E-state index in [1.807, 2.05) is 6.92 Å². The molecule has 0 spiro atoms. The summed E-state index contributed by atoms with van der Waals surface area (Å²) in [5.41, 5.74) is -0.503. The van der Waals surface area contributed by atoms with Gasteiger partial charge in [-0.15, -0.1) is 0 Å². The summed E-state index contributed by atoms with van der Waals surface area (Å²) in [6.45, 7) is 5.44. The lowest BCUT2D eigenvalue weighted by atomic mass is 9.81. The van der Waals surface area contributed by atoms with Crippen molar-refractivity contribution in [3.63, 3.8) is 0 Å². The molecule has 1 rings (SSSR count). The quantitative estimate of drug-likeness (QED) is 0.669. The summed E-state index contributed by atoms with van der Waals surface area (Å²) in [6.07, 6.45) is 4.85. The average molecular weight is 289 g/mol. The van der Waals surface area contributed by atoms with Crippen molar-refractivity contribution in [1.29, 1.82) is 0 Å². The van der Waals surface area contributed by atoms with Crippen LogP contribution in [0.2, 0.25) is 0 Å². The molecule has 19 heavy (non-hydrogen) atoms. The third-order valence-corrected chi connectivity index (χ3v) is 4.82. The Labute approximate surface area is 120 Å². The first-order chi connectivity index (χ1) is 9.18. The van der Waals surface area contributed by atoms with E-state index < -0.39 is 5.54 Å². The molecule has 1 saturated carbocycles. The molecular weight excluding hydrogens is 262 g/mol. The Balaban J connectivity index is 2.68. The Hall–Kier alpha value is -0.260. The molecule has 0 aromatic rings. The maximum atomic E-state index is 12.3. The Morgan fingerprint density at radius 2 is 2.32 bits per heavy atom. The molecule has 0 aromatic heterocycles. The van der Waals surface area contributed by atoms with Crippen LogP contribution in [-0.4, -0.2) is 47.4 Å². The van der Waals surface area contributed by atoms with Crippen LogP contribution in [0.15, 0.2) is 0 Å². The van der Waals surface area contributed by atoms with Gasteiger partial charge in [0, 0.05) is 11.0 Å². The second kappa shape index (κ2) is 8.82. The molecule has 5 heteroatoms. The first-order valence-electron chi connectivity index (χ1n) is 7.33. The van der Waals surface area contributed by atoms with Gasteiger partial charge in [0.25, 0.3) is 0 Å². The van der Waals surface area contributed by atoms with Gasteiger partial charge in [0.2, 0.25) is 0 Å². The molecule has 0 bridgehead atoms. The van der Waals surface area contributed by atoms with Gasteiger partial charge in [-0.2, -0.15) is 11.8 Å². The molecule has 112 valence electrons. The predicted octanol–water partition coefficient (Wildman–Crippen LogP) is 1.96. The lowest BCUT2D eigenvalue weighted by molar-refractivity contribution is -0.152. The number of aliphatic hydroxyl groups is 1. The van der Waals surface area contributed by atoms with Crippen molar-refractivity contribution < 1.29 is 14.6 Å². The van der Waals surface area contributed by atoms with Crippen molar-refractivity contribution in [2.75, 3.05) is 25.5 Å². The summed E-state index contributed by atoms with van der Waals surface area (Å²) in [5, 5.41) is 12.8. The molecule has 2 unspecified atom stereocenters. The Morgan fingerprint density at radius 3 is 2.95 bits per heavy atom. The van der Waals surface area contributed by atoms with E-state index in [0.29, 0.717) is 11.9 Å². The zero-order chi connectivity index (χ0) is 14.1. The fourth-order valence-electron chi connectivity index (χ4n) is 2.64. The fourth-order valence-corrected chi connectivity index (χ4v) is 3.81. The van der Waals surface area contributed by atoms with Gasteiger partial charge < -0.3 is 15.2 Å². The van der Waals surface area contributed by atoms with Crippen LogP contribution in [0.3, 0.4) is 0 Å². The third kappa shape index (κ3) is 4.97. The highest BCUT2D eigenvalue weighted by Crippen LogP contribution is 2.36. The zero-order valence-corrected chi connectivity index (χ0v) is 12.9. The number of esters is 1. The molecule has 2 atom stereocenters. The normalized spacial score (nSPS) is 27.2. The number of nitrogens with one attached hydrogen (secondary N) is 1. The van der Waals surface area contributed by atoms with Crippen LogP contribution in [0.5, 0.6) is 0 Å². The highest BCUT2D eigenvalue weighted by molar-refractivity contribution is 7.99. The fraction of sp³-hybridized carbons (Fsp3) is 0.929. The van der Waals surface area contributed by atoms with E-state index in [0.717, 1.165) is 44.4 Å². The van der Waals surface area contributed by atoms with Crippen LogP contribution in [0.4, 0.5) is 0 Å². The molecule has 1 fully saturated rings. The minimum absolute atomic E-state index is 0.0993. The number of hydrogen-bond donors (Lipinski definition) is 2. The summed E-state index contributed by atoms with van der Waals surface area (Å²) < 4.78 is 5.27. The standard InChI is InChI=1S/C14H27NO3S/c1-3-8-15-14(13(17)18-4-2)7-5-6-12(11-14)19-10-9-16/h12,15-16H,3-11H2,1-2H3. The number of hydrogen-bond acceptors (Lipinski definition) is 5. The van der Waals surface area contributed by atoms with Crippen molar-refractivity contribution in [3.8, 4) is 0 Å². The van der Waals surface area contributed by atoms with Crippen molar-refractivity contribution in [1.82, 2.24) is 5.32 Å². The number of rotatable bonds is 8. The Morgan fingerprint density at radius 1 is 1.53 bits per heavy atom. The summed E-state index contributed by atoms with van der Waals surface area (Å²) in [4.78, 5) is 12.3. The topological polar surface area (TPSA) is 58.6 Å². The number of aliphatic hydroxyl groups excluding tert-OH is 1. The van der Waals surface area contributed by atoms with Crippen LogP contribution in [0.1, 0.15) is 46.0 Å². The van der Waals surface area contributed by atoms with E-state index in [1.54, 1.807) is 11.8 Å². The number of ether oxygens (including phenoxy) is 1. The molecule has 0 amide bonds. The second-order valence-electron chi connectivity index (χ2n) is 5.04. The molecule has 4 nitrogen and oxygen atoms in total. The first-order valence-corrected chi connectivity index (χ1v) is 8.38. The molecule has 0 heterocycles.